The predicted molar refractivity (Wildman–Crippen MR) is 86.0 cm³/mol. The first-order valence-corrected chi connectivity index (χ1v) is 7.45. The van der Waals surface area contributed by atoms with Crippen molar-refractivity contribution in [2.45, 2.75) is 6.11 Å². The van der Waals surface area contributed by atoms with Crippen LogP contribution in [0.2, 0.25) is 0 Å². The van der Waals surface area contributed by atoms with Crippen LogP contribution in [0.3, 0.4) is 0 Å². The molecule has 0 fully saturated rings. The normalized spacial score (nSPS) is 14.6. The molecule has 1 N–H and O–H groups in total. The minimum Gasteiger partial charge on any atom is -0.423 e. The van der Waals surface area contributed by atoms with Gasteiger partial charge in [-0.1, -0.05) is 18.2 Å². The van der Waals surface area contributed by atoms with Crippen LogP contribution in [0, 0.1) is 17.1 Å². The van der Waals surface area contributed by atoms with Crippen LogP contribution in [-0.2, 0) is 4.79 Å². The Balaban J connectivity index is 1.90. The summed E-state index contributed by atoms with van der Waals surface area (Å²) < 4.78 is 50.5. The highest BCUT2D eigenvalue weighted by molar-refractivity contribution is 6.02. The number of ether oxygens (including phenoxy) is 2. The van der Waals surface area contributed by atoms with Crippen LogP contribution in [0.5, 0.6) is 11.5 Å². The van der Waals surface area contributed by atoms with Crippen LogP contribution in [-0.4, -0.2) is 24.7 Å². The van der Waals surface area contributed by atoms with Crippen LogP contribution in [0.1, 0.15) is 0 Å². The molecule has 1 aliphatic heterocycles. The molecule has 0 saturated heterocycles. The van der Waals surface area contributed by atoms with Crippen molar-refractivity contribution in [3.63, 3.8) is 0 Å². The number of fused-ring (bicyclic) bond motifs is 1. The van der Waals surface area contributed by atoms with Crippen LogP contribution in [0.15, 0.2) is 42.5 Å². The Morgan fingerprint density at radius 2 is 2.00 bits per heavy atom. The molecule has 2 aromatic rings. The van der Waals surface area contributed by atoms with E-state index in [9.17, 15) is 22.8 Å². The maximum absolute atomic E-state index is 14.2. The molecule has 0 saturated carbocycles. The average Bonchev–Trinajstić information content (AvgIpc) is 2.61. The summed E-state index contributed by atoms with van der Waals surface area (Å²) in [5.41, 5.74) is -0.733. The minimum absolute atomic E-state index is 0.192. The Labute approximate surface area is 150 Å². The zero-order chi connectivity index (χ0) is 19.6. The largest absolute Gasteiger partial charge is 0.483 e. The lowest BCUT2D eigenvalue weighted by atomic mass is 10.2. The van der Waals surface area contributed by atoms with Gasteiger partial charge in [-0.3, -0.25) is 15.0 Å². The topological polar surface area (TPSA) is 91.7 Å². The number of amides is 2. The van der Waals surface area contributed by atoms with E-state index in [0.717, 1.165) is 6.07 Å². The number of nitriles is 1. The smallest absolute Gasteiger partial charge is 0.423 e. The van der Waals surface area contributed by atoms with Gasteiger partial charge in [0.25, 0.3) is 0 Å². The van der Waals surface area contributed by atoms with Gasteiger partial charge < -0.3 is 9.47 Å². The van der Waals surface area contributed by atoms with Crippen molar-refractivity contribution < 1.29 is 32.2 Å². The van der Waals surface area contributed by atoms with E-state index in [-0.39, 0.29) is 11.4 Å². The number of rotatable bonds is 3. The highest BCUT2D eigenvalue weighted by Crippen LogP contribution is 2.41. The number of para-hydroxylation sites is 1. The highest BCUT2D eigenvalue weighted by atomic mass is 19.3. The molecule has 27 heavy (non-hydrogen) atoms. The van der Waals surface area contributed by atoms with E-state index in [0.29, 0.717) is 11.0 Å². The molecule has 0 spiro atoms. The lowest BCUT2D eigenvalue weighted by Gasteiger charge is -2.32. The SMILES string of the molecule is N#CCN1C(=O)C(F)(F)Oc2cc(F)c(NC(=O)Oc3ccccc3)cc21. The second-order valence-corrected chi connectivity index (χ2v) is 5.30. The molecule has 10 heteroatoms. The second-order valence-electron chi connectivity index (χ2n) is 5.30. The summed E-state index contributed by atoms with van der Waals surface area (Å²) in [4.78, 5) is 24.1. The van der Waals surface area contributed by atoms with Crippen LogP contribution < -0.4 is 19.7 Å². The fourth-order valence-corrected chi connectivity index (χ4v) is 2.34. The quantitative estimate of drug-likeness (QED) is 0.829. The molecule has 138 valence electrons. The Morgan fingerprint density at radius 3 is 2.67 bits per heavy atom. The van der Waals surface area contributed by atoms with Crippen molar-refractivity contribution >= 4 is 23.4 Å². The monoisotopic (exact) mass is 377 g/mol. The van der Waals surface area contributed by atoms with Crippen LogP contribution in [0.4, 0.5) is 29.3 Å². The number of carbonyl (C=O) groups excluding carboxylic acids is 2. The maximum atomic E-state index is 14.2. The number of nitrogens with zero attached hydrogens (tertiary/aromatic N) is 2. The fourth-order valence-electron chi connectivity index (χ4n) is 2.34. The number of anilines is 2. The molecule has 1 aliphatic rings. The van der Waals surface area contributed by atoms with E-state index in [1.165, 1.54) is 12.1 Å². The molecular formula is C17H10F3N3O4. The number of nitrogens with one attached hydrogen (secondary N) is 1. The number of alkyl halides is 2. The summed E-state index contributed by atoms with van der Waals surface area (Å²) in [7, 11) is 0. The molecule has 0 atom stereocenters. The van der Waals surface area contributed by atoms with Crippen molar-refractivity contribution in [2.75, 3.05) is 16.8 Å². The van der Waals surface area contributed by atoms with E-state index in [4.69, 9.17) is 10.00 Å². The van der Waals surface area contributed by atoms with Gasteiger partial charge in [0.2, 0.25) is 0 Å². The maximum Gasteiger partial charge on any atom is 0.483 e. The van der Waals surface area contributed by atoms with Crippen LogP contribution in [0.25, 0.3) is 0 Å². The molecule has 0 aromatic heterocycles. The van der Waals surface area contributed by atoms with Crippen molar-refractivity contribution in [3.8, 4) is 17.6 Å². The summed E-state index contributed by atoms with van der Waals surface area (Å²) in [6, 6.07) is 11.0. The Hall–Kier alpha value is -3.74. The molecule has 0 radical (unpaired) electrons. The number of carbonyl (C=O) groups is 2. The predicted octanol–water partition coefficient (Wildman–Crippen LogP) is 3.28. The van der Waals surface area contributed by atoms with Crippen LogP contribution >= 0.6 is 0 Å². The molecule has 0 bridgehead atoms. The molecule has 2 amide bonds. The van der Waals surface area contributed by atoms with Gasteiger partial charge in [-0.2, -0.15) is 14.0 Å². The van der Waals surface area contributed by atoms with Crippen molar-refractivity contribution in [3.05, 3.63) is 48.3 Å². The molecule has 0 aliphatic carbocycles. The Bertz CT molecular complexity index is 944. The van der Waals surface area contributed by atoms with Gasteiger partial charge in [0.15, 0.2) is 11.6 Å². The van der Waals surface area contributed by atoms with Gasteiger partial charge in [0.05, 0.1) is 17.4 Å². The van der Waals surface area contributed by atoms with E-state index in [2.05, 4.69) is 10.1 Å². The molecule has 2 aromatic carbocycles. The minimum atomic E-state index is -4.24. The fraction of sp³-hybridized carbons (Fsp3) is 0.118. The third kappa shape index (κ3) is 3.62. The van der Waals surface area contributed by atoms with E-state index < -0.39 is 41.9 Å². The summed E-state index contributed by atoms with van der Waals surface area (Å²) in [6.07, 6.45) is -5.28. The van der Waals surface area contributed by atoms with Gasteiger partial charge in [-0.15, -0.1) is 0 Å². The summed E-state index contributed by atoms with van der Waals surface area (Å²) in [5, 5.41) is 10.9. The third-order valence-electron chi connectivity index (χ3n) is 3.49. The standard InChI is InChI=1S/C17H10F3N3O4/c18-11-8-14-13(23(7-6-21)15(24)17(19,20)27-14)9-12(11)22-16(25)26-10-4-2-1-3-5-10/h1-5,8-9H,7H2,(H,22,25). The van der Waals surface area contributed by atoms with Crippen molar-refractivity contribution in [1.82, 2.24) is 0 Å². The van der Waals surface area contributed by atoms with E-state index >= 15 is 0 Å². The first-order valence-electron chi connectivity index (χ1n) is 7.45. The van der Waals surface area contributed by atoms with Gasteiger partial charge in [-0.25, -0.2) is 9.18 Å². The number of hydrogen-bond acceptors (Lipinski definition) is 5. The number of halogens is 3. The van der Waals surface area contributed by atoms with Gasteiger partial charge in [0, 0.05) is 6.07 Å². The zero-order valence-electron chi connectivity index (χ0n) is 13.4. The first kappa shape index (κ1) is 18.1. The lowest BCUT2D eigenvalue weighted by molar-refractivity contribution is -0.192. The van der Waals surface area contributed by atoms with Gasteiger partial charge in [-0.05, 0) is 18.2 Å². The second kappa shape index (κ2) is 6.87. The first-order chi connectivity index (χ1) is 12.8. The summed E-state index contributed by atoms with van der Waals surface area (Å²) in [6.45, 7) is -0.718. The molecular weight excluding hydrogens is 367 g/mol. The Morgan fingerprint density at radius 1 is 1.30 bits per heavy atom. The lowest BCUT2D eigenvalue weighted by Crippen LogP contribution is -2.51. The summed E-state index contributed by atoms with van der Waals surface area (Å²) >= 11 is 0. The number of hydrogen-bond donors (Lipinski definition) is 1. The van der Waals surface area contributed by atoms with Gasteiger partial charge >= 0.3 is 18.1 Å². The molecule has 3 rings (SSSR count). The molecule has 0 unspecified atom stereocenters. The number of benzene rings is 2. The van der Waals surface area contributed by atoms with Crippen molar-refractivity contribution in [1.29, 1.82) is 5.26 Å². The van der Waals surface area contributed by atoms with E-state index in [1.807, 2.05) is 0 Å². The van der Waals surface area contributed by atoms with Gasteiger partial charge in [0.1, 0.15) is 12.3 Å². The summed E-state index contributed by atoms with van der Waals surface area (Å²) in [5.74, 6) is -3.33. The third-order valence-corrected chi connectivity index (χ3v) is 3.49. The Kier molecular flexibility index (Phi) is 4.60. The van der Waals surface area contributed by atoms with Crippen molar-refractivity contribution in [2.24, 2.45) is 0 Å². The van der Waals surface area contributed by atoms with E-state index in [1.54, 1.807) is 24.3 Å². The highest BCUT2D eigenvalue weighted by Gasteiger charge is 2.50. The zero-order valence-corrected chi connectivity index (χ0v) is 13.4. The average molecular weight is 377 g/mol. The molecule has 1 heterocycles. The molecule has 7 nitrogen and oxygen atoms in total.